The summed E-state index contributed by atoms with van der Waals surface area (Å²) in [6.07, 6.45) is 19.9. The molecule has 4 aliphatic rings. The zero-order chi connectivity index (χ0) is 21.5. The van der Waals surface area contributed by atoms with Crippen LogP contribution in [0.1, 0.15) is 105 Å². The fraction of sp³-hybridized carbons (Fsp3) is 0.862. The van der Waals surface area contributed by atoms with E-state index in [1.165, 1.54) is 64.2 Å². The van der Waals surface area contributed by atoms with Crippen LogP contribution in [-0.4, -0.2) is 6.10 Å². The fourth-order valence-electron chi connectivity index (χ4n) is 8.90. The number of ether oxygens (including phenoxy) is 1. The van der Waals surface area contributed by atoms with Gasteiger partial charge in [0.25, 0.3) is 0 Å². The summed E-state index contributed by atoms with van der Waals surface area (Å²) in [7, 11) is 0. The van der Waals surface area contributed by atoms with Crippen LogP contribution in [-0.2, 0) is 4.74 Å². The van der Waals surface area contributed by atoms with Gasteiger partial charge < -0.3 is 4.74 Å². The van der Waals surface area contributed by atoms with Crippen LogP contribution in [0.15, 0.2) is 24.5 Å². The van der Waals surface area contributed by atoms with Crippen molar-refractivity contribution < 1.29 is 4.74 Å². The Morgan fingerprint density at radius 3 is 2.60 bits per heavy atom. The predicted octanol–water partition coefficient (Wildman–Crippen LogP) is 8.56. The molecular formula is C29H48O. The van der Waals surface area contributed by atoms with Crippen molar-refractivity contribution in [3.63, 3.8) is 0 Å². The van der Waals surface area contributed by atoms with E-state index in [2.05, 4.69) is 47.3 Å². The lowest BCUT2D eigenvalue weighted by Gasteiger charge is -2.58. The quantitative estimate of drug-likeness (QED) is 0.300. The van der Waals surface area contributed by atoms with Crippen LogP contribution < -0.4 is 0 Å². The number of hydrogen-bond donors (Lipinski definition) is 0. The maximum Gasteiger partial charge on any atom is 0.102 e. The van der Waals surface area contributed by atoms with Gasteiger partial charge in [0.15, 0.2) is 0 Å². The summed E-state index contributed by atoms with van der Waals surface area (Å²) in [4.78, 5) is 0. The van der Waals surface area contributed by atoms with Gasteiger partial charge in [0.2, 0.25) is 0 Å². The van der Waals surface area contributed by atoms with E-state index in [0.717, 1.165) is 41.9 Å². The molecule has 1 nitrogen and oxygen atoms in total. The van der Waals surface area contributed by atoms with Crippen molar-refractivity contribution in [1.82, 2.24) is 0 Å². The summed E-state index contributed by atoms with van der Waals surface area (Å²) in [6, 6.07) is 0. The van der Waals surface area contributed by atoms with Gasteiger partial charge >= 0.3 is 0 Å². The molecular weight excluding hydrogens is 364 g/mol. The van der Waals surface area contributed by atoms with E-state index in [4.69, 9.17) is 4.74 Å². The van der Waals surface area contributed by atoms with E-state index in [0.29, 0.717) is 16.9 Å². The third-order valence-corrected chi connectivity index (χ3v) is 10.5. The van der Waals surface area contributed by atoms with Gasteiger partial charge in [-0.3, -0.25) is 0 Å². The first-order valence-electron chi connectivity index (χ1n) is 13.3. The van der Waals surface area contributed by atoms with Gasteiger partial charge in [-0.15, -0.1) is 0 Å². The van der Waals surface area contributed by atoms with E-state index in [-0.39, 0.29) is 0 Å². The Morgan fingerprint density at radius 1 is 1.07 bits per heavy atom. The molecule has 0 aromatic carbocycles. The third kappa shape index (κ3) is 3.81. The zero-order valence-corrected chi connectivity index (χ0v) is 20.6. The van der Waals surface area contributed by atoms with Gasteiger partial charge in [-0.1, -0.05) is 72.1 Å². The molecule has 0 aliphatic heterocycles. The molecule has 0 unspecified atom stereocenters. The molecule has 8 atom stereocenters. The highest BCUT2D eigenvalue weighted by molar-refractivity contribution is 5.25. The van der Waals surface area contributed by atoms with Gasteiger partial charge in [0, 0.05) is 6.42 Å². The lowest BCUT2D eigenvalue weighted by Crippen LogP contribution is -2.50. The molecule has 1 heteroatoms. The van der Waals surface area contributed by atoms with Crippen molar-refractivity contribution in [1.29, 1.82) is 0 Å². The molecule has 4 rings (SSSR count). The highest BCUT2D eigenvalue weighted by Crippen LogP contribution is 2.67. The maximum atomic E-state index is 5.81. The van der Waals surface area contributed by atoms with E-state index < -0.39 is 0 Å². The average molecular weight is 413 g/mol. The van der Waals surface area contributed by atoms with Crippen LogP contribution in [0, 0.1) is 46.3 Å². The van der Waals surface area contributed by atoms with E-state index in [1.54, 1.807) is 11.8 Å². The second-order valence-electron chi connectivity index (χ2n) is 12.5. The van der Waals surface area contributed by atoms with Gasteiger partial charge in [0.1, 0.15) is 6.10 Å². The molecule has 0 aromatic rings. The minimum absolute atomic E-state index is 0.370. The van der Waals surface area contributed by atoms with Crippen molar-refractivity contribution in [2.45, 2.75) is 111 Å². The van der Waals surface area contributed by atoms with Crippen LogP contribution in [0.4, 0.5) is 0 Å². The first-order valence-corrected chi connectivity index (χ1v) is 13.3. The Balaban J connectivity index is 1.47. The van der Waals surface area contributed by atoms with E-state index in [9.17, 15) is 0 Å². The number of fused-ring (bicyclic) bond motifs is 5. The molecule has 0 radical (unpaired) electrons. The second-order valence-corrected chi connectivity index (χ2v) is 12.5. The van der Waals surface area contributed by atoms with Crippen molar-refractivity contribution in [2.24, 2.45) is 46.3 Å². The van der Waals surface area contributed by atoms with Crippen molar-refractivity contribution >= 4 is 0 Å². The largest absolute Gasteiger partial charge is 0.498 e. The molecule has 30 heavy (non-hydrogen) atoms. The number of rotatable bonds is 7. The Labute approximate surface area is 187 Å². The third-order valence-electron chi connectivity index (χ3n) is 10.5. The molecule has 0 N–H and O–H groups in total. The number of hydrogen-bond acceptors (Lipinski definition) is 1. The first kappa shape index (κ1) is 22.5. The Hall–Kier alpha value is -0.720. The van der Waals surface area contributed by atoms with Crippen LogP contribution in [0.5, 0.6) is 0 Å². The molecule has 0 spiro atoms. The summed E-state index contributed by atoms with van der Waals surface area (Å²) < 4.78 is 5.81. The van der Waals surface area contributed by atoms with Crippen molar-refractivity contribution in [3.05, 3.63) is 24.5 Å². The first-order chi connectivity index (χ1) is 14.3. The maximum absolute atomic E-state index is 5.81. The monoisotopic (exact) mass is 412 g/mol. The van der Waals surface area contributed by atoms with E-state index in [1.807, 2.05) is 0 Å². The molecule has 3 fully saturated rings. The Bertz CT molecular complexity index is 647. The smallest absolute Gasteiger partial charge is 0.102 e. The topological polar surface area (TPSA) is 9.23 Å². The van der Waals surface area contributed by atoms with Gasteiger partial charge in [-0.2, -0.15) is 0 Å². The normalized spacial score (nSPS) is 43.9. The van der Waals surface area contributed by atoms with Gasteiger partial charge in [-0.25, -0.2) is 0 Å². The summed E-state index contributed by atoms with van der Waals surface area (Å²) in [5.41, 5.74) is 2.76. The molecule has 0 heterocycles. The lowest BCUT2D eigenvalue weighted by molar-refractivity contribution is -0.0580. The van der Waals surface area contributed by atoms with Gasteiger partial charge in [-0.05, 0) is 91.3 Å². The number of allylic oxidation sites excluding steroid dienone is 1. The molecule has 0 amide bonds. The van der Waals surface area contributed by atoms with Gasteiger partial charge in [0.05, 0.1) is 6.26 Å². The Morgan fingerprint density at radius 2 is 1.87 bits per heavy atom. The fourth-order valence-corrected chi connectivity index (χ4v) is 8.90. The molecule has 0 saturated heterocycles. The lowest BCUT2D eigenvalue weighted by atomic mass is 9.47. The standard InChI is InChI=1S/C29H48O/c1-7-30-23-15-17-28(5)22(19-23)11-12-24-26-14-13-25(21(4)10-8-9-20(2)3)29(26,6)18-16-27(24)28/h7,11,20-21,23-27H,1,8-10,12-19H2,2-6H3/t21-,23+,24+,25-,26+,27+,28+,29-/m1/s1. The molecule has 170 valence electrons. The summed E-state index contributed by atoms with van der Waals surface area (Å²) in [5.74, 6) is 5.54. The predicted molar refractivity (Wildman–Crippen MR) is 128 cm³/mol. The minimum atomic E-state index is 0.370. The van der Waals surface area contributed by atoms with Crippen molar-refractivity contribution in [3.8, 4) is 0 Å². The van der Waals surface area contributed by atoms with E-state index >= 15 is 0 Å². The Kier molecular flexibility index (Phi) is 6.49. The van der Waals surface area contributed by atoms with Crippen LogP contribution in [0.2, 0.25) is 0 Å². The van der Waals surface area contributed by atoms with Crippen molar-refractivity contribution in [2.75, 3.05) is 0 Å². The van der Waals surface area contributed by atoms with Crippen LogP contribution >= 0.6 is 0 Å². The summed E-state index contributed by atoms with van der Waals surface area (Å²) in [6.45, 7) is 16.5. The summed E-state index contributed by atoms with van der Waals surface area (Å²) in [5, 5.41) is 0. The van der Waals surface area contributed by atoms with Crippen LogP contribution in [0.25, 0.3) is 0 Å². The van der Waals surface area contributed by atoms with Crippen LogP contribution in [0.3, 0.4) is 0 Å². The molecule has 3 saturated carbocycles. The summed E-state index contributed by atoms with van der Waals surface area (Å²) >= 11 is 0. The molecule has 4 aliphatic carbocycles. The highest BCUT2D eigenvalue weighted by Gasteiger charge is 2.59. The highest BCUT2D eigenvalue weighted by atomic mass is 16.5. The zero-order valence-electron chi connectivity index (χ0n) is 20.6. The molecule has 0 aromatic heterocycles. The second kappa shape index (κ2) is 8.67. The minimum Gasteiger partial charge on any atom is -0.498 e. The SMILES string of the molecule is C=CO[C@H]1CC[C@@]2(C)C(=CC[C@H]3[C@@H]4CC[C@H]([C@H](C)CCCC(C)C)[C@@]4(C)CC[C@@H]32)C1. The average Bonchev–Trinajstić information content (AvgIpc) is 3.05. The molecule has 0 bridgehead atoms.